The Kier molecular flexibility index (Phi) is 5.03. The number of hydrogen-bond acceptors (Lipinski definition) is 4. The van der Waals surface area contributed by atoms with Crippen LogP contribution >= 0.6 is 11.8 Å². The highest BCUT2D eigenvalue weighted by Crippen LogP contribution is 2.33. The van der Waals surface area contributed by atoms with Crippen LogP contribution in [0.2, 0.25) is 0 Å². The highest BCUT2D eigenvalue weighted by molar-refractivity contribution is 7.99. The van der Waals surface area contributed by atoms with E-state index in [-0.39, 0.29) is 11.9 Å². The highest BCUT2D eigenvalue weighted by Gasteiger charge is 2.26. The number of aromatic nitrogens is 2. The van der Waals surface area contributed by atoms with E-state index in [1.54, 1.807) is 18.0 Å². The second-order valence-corrected chi connectivity index (χ2v) is 7.04. The van der Waals surface area contributed by atoms with Crippen molar-refractivity contribution in [3.8, 4) is 0 Å². The number of rotatable bonds is 5. The summed E-state index contributed by atoms with van der Waals surface area (Å²) in [6.45, 7) is 0. The van der Waals surface area contributed by atoms with Gasteiger partial charge in [-0.2, -0.15) is 0 Å². The maximum Gasteiger partial charge on any atom is 0.224 e. The maximum absolute atomic E-state index is 12.3. The number of anilines is 1. The number of nitrogens with one attached hydrogen (secondary N) is 1. The molecule has 1 aliphatic rings. The third kappa shape index (κ3) is 3.95. The zero-order chi connectivity index (χ0) is 16.2. The van der Waals surface area contributed by atoms with Gasteiger partial charge in [0, 0.05) is 36.8 Å². The van der Waals surface area contributed by atoms with Crippen molar-refractivity contribution in [2.24, 2.45) is 18.7 Å². The third-order valence-electron chi connectivity index (χ3n) is 4.30. The van der Waals surface area contributed by atoms with Crippen LogP contribution in [0.3, 0.4) is 0 Å². The van der Waals surface area contributed by atoms with Crippen LogP contribution in [0, 0.1) is 5.92 Å². The van der Waals surface area contributed by atoms with Crippen LogP contribution in [0.1, 0.15) is 25.7 Å². The molecule has 23 heavy (non-hydrogen) atoms. The van der Waals surface area contributed by atoms with Gasteiger partial charge in [0.15, 0.2) is 5.16 Å². The SMILES string of the molecule is Cn1ccnc1Sc1ccccc1NC(=O)C[C@@H]1CCC[C@H]1N. The van der Waals surface area contributed by atoms with E-state index < -0.39 is 0 Å². The number of hydrogen-bond donors (Lipinski definition) is 2. The summed E-state index contributed by atoms with van der Waals surface area (Å²) in [4.78, 5) is 17.7. The minimum atomic E-state index is 0.0419. The van der Waals surface area contributed by atoms with Crippen molar-refractivity contribution in [3.63, 3.8) is 0 Å². The van der Waals surface area contributed by atoms with Gasteiger partial charge >= 0.3 is 0 Å². The first-order chi connectivity index (χ1) is 11.1. The van der Waals surface area contributed by atoms with E-state index in [2.05, 4.69) is 10.3 Å². The summed E-state index contributed by atoms with van der Waals surface area (Å²) in [5.74, 6) is 0.351. The minimum absolute atomic E-state index is 0.0419. The van der Waals surface area contributed by atoms with Gasteiger partial charge in [0.05, 0.1) is 5.69 Å². The molecular weight excluding hydrogens is 308 g/mol. The molecule has 1 amide bonds. The van der Waals surface area contributed by atoms with Crippen LogP contribution in [0.15, 0.2) is 46.7 Å². The zero-order valence-electron chi connectivity index (χ0n) is 13.2. The number of nitrogens with two attached hydrogens (primary N) is 1. The van der Waals surface area contributed by atoms with Gasteiger partial charge in [-0.25, -0.2) is 4.98 Å². The highest BCUT2D eigenvalue weighted by atomic mass is 32.2. The third-order valence-corrected chi connectivity index (χ3v) is 5.46. The Bertz CT molecular complexity index is 685. The molecule has 1 aromatic carbocycles. The summed E-state index contributed by atoms with van der Waals surface area (Å²) >= 11 is 1.55. The summed E-state index contributed by atoms with van der Waals surface area (Å²) in [7, 11) is 1.96. The quantitative estimate of drug-likeness (QED) is 0.884. The molecule has 3 rings (SSSR count). The monoisotopic (exact) mass is 330 g/mol. The van der Waals surface area contributed by atoms with E-state index in [1.807, 2.05) is 42.1 Å². The number of aryl methyl sites for hydroxylation is 1. The van der Waals surface area contributed by atoms with Gasteiger partial charge in [-0.05, 0) is 42.7 Å². The van der Waals surface area contributed by atoms with Crippen molar-refractivity contribution >= 4 is 23.4 Å². The number of amides is 1. The standard InChI is InChI=1S/C17H22N4OS/c1-21-10-9-19-17(21)23-15-8-3-2-7-14(15)20-16(22)11-12-5-4-6-13(12)18/h2-3,7-10,12-13H,4-6,11,18H2,1H3,(H,20,22)/t12-,13+/m0/s1. The molecule has 1 aliphatic carbocycles. The second-order valence-electron chi connectivity index (χ2n) is 6.03. The van der Waals surface area contributed by atoms with E-state index in [1.165, 1.54) is 0 Å². The van der Waals surface area contributed by atoms with Gasteiger partial charge in [0.1, 0.15) is 0 Å². The van der Waals surface area contributed by atoms with E-state index in [0.29, 0.717) is 12.3 Å². The predicted molar refractivity (Wildman–Crippen MR) is 92.3 cm³/mol. The van der Waals surface area contributed by atoms with Crippen LogP contribution in [0.4, 0.5) is 5.69 Å². The molecule has 0 aliphatic heterocycles. The molecule has 0 bridgehead atoms. The molecule has 3 N–H and O–H groups in total. The van der Waals surface area contributed by atoms with E-state index in [0.717, 1.165) is 35.0 Å². The zero-order valence-corrected chi connectivity index (χ0v) is 14.1. The molecule has 1 heterocycles. The lowest BCUT2D eigenvalue weighted by Crippen LogP contribution is -2.28. The van der Waals surface area contributed by atoms with Crippen LogP contribution in [0.25, 0.3) is 0 Å². The Morgan fingerprint density at radius 3 is 2.96 bits per heavy atom. The van der Waals surface area contributed by atoms with E-state index >= 15 is 0 Å². The summed E-state index contributed by atoms with van der Waals surface area (Å²) < 4.78 is 1.96. The molecule has 1 aromatic heterocycles. The fraction of sp³-hybridized carbons (Fsp3) is 0.412. The van der Waals surface area contributed by atoms with E-state index in [4.69, 9.17) is 5.73 Å². The molecule has 1 saturated carbocycles. The first-order valence-electron chi connectivity index (χ1n) is 7.93. The number of carbonyl (C=O) groups is 1. The molecule has 6 heteroatoms. The summed E-state index contributed by atoms with van der Waals surface area (Å²) in [5, 5.41) is 3.93. The molecule has 2 atom stereocenters. The normalized spacial score (nSPS) is 20.6. The Morgan fingerprint density at radius 1 is 1.43 bits per heavy atom. The second kappa shape index (κ2) is 7.19. The number of benzene rings is 1. The average molecular weight is 330 g/mol. The Morgan fingerprint density at radius 2 is 2.26 bits per heavy atom. The number of imidazole rings is 1. The van der Waals surface area contributed by atoms with E-state index in [9.17, 15) is 4.79 Å². The van der Waals surface area contributed by atoms with Gasteiger partial charge in [0.2, 0.25) is 5.91 Å². The largest absolute Gasteiger partial charge is 0.329 e. The fourth-order valence-electron chi connectivity index (χ4n) is 2.97. The summed E-state index contributed by atoms with van der Waals surface area (Å²) in [6.07, 6.45) is 7.39. The van der Waals surface area contributed by atoms with Gasteiger partial charge in [-0.1, -0.05) is 18.6 Å². The predicted octanol–water partition coefficient (Wildman–Crippen LogP) is 3.03. The fourth-order valence-corrected chi connectivity index (χ4v) is 3.86. The Hall–Kier alpha value is -1.79. The van der Waals surface area contributed by atoms with Gasteiger partial charge in [0.25, 0.3) is 0 Å². The smallest absolute Gasteiger partial charge is 0.224 e. The molecule has 122 valence electrons. The number of para-hydroxylation sites is 1. The lowest BCUT2D eigenvalue weighted by atomic mass is 10.00. The lowest BCUT2D eigenvalue weighted by molar-refractivity contribution is -0.117. The number of carbonyl (C=O) groups excluding carboxylic acids is 1. The van der Waals surface area contributed by atoms with Crippen LogP contribution in [-0.4, -0.2) is 21.5 Å². The van der Waals surface area contributed by atoms with Gasteiger partial charge in [-0.3, -0.25) is 4.79 Å². The van der Waals surface area contributed by atoms with Gasteiger partial charge in [-0.15, -0.1) is 0 Å². The number of nitrogens with zero attached hydrogens (tertiary/aromatic N) is 2. The van der Waals surface area contributed by atoms with Crippen molar-refractivity contribution in [2.45, 2.75) is 41.8 Å². The molecule has 0 radical (unpaired) electrons. The van der Waals surface area contributed by atoms with Crippen LogP contribution < -0.4 is 11.1 Å². The maximum atomic E-state index is 12.3. The van der Waals surface area contributed by atoms with Crippen molar-refractivity contribution in [2.75, 3.05) is 5.32 Å². The summed E-state index contributed by atoms with van der Waals surface area (Å²) in [6, 6.07) is 7.99. The van der Waals surface area contributed by atoms with Gasteiger partial charge < -0.3 is 15.6 Å². The van der Waals surface area contributed by atoms with Crippen molar-refractivity contribution in [1.82, 2.24) is 9.55 Å². The molecule has 0 spiro atoms. The van der Waals surface area contributed by atoms with Crippen LogP contribution in [-0.2, 0) is 11.8 Å². The first-order valence-corrected chi connectivity index (χ1v) is 8.75. The molecule has 0 unspecified atom stereocenters. The topological polar surface area (TPSA) is 72.9 Å². The van der Waals surface area contributed by atoms with Crippen LogP contribution in [0.5, 0.6) is 0 Å². The van der Waals surface area contributed by atoms with Crippen molar-refractivity contribution < 1.29 is 4.79 Å². The molecular formula is C17H22N4OS. The van der Waals surface area contributed by atoms with Crippen molar-refractivity contribution in [3.05, 3.63) is 36.7 Å². The molecule has 1 fully saturated rings. The molecule has 5 nitrogen and oxygen atoms in total. The first kappa shape index (κ1) is 16.1. The van der Waals surface area contributed by atoms with Crippen molar-refractivity contribution in [1.29, 1.82) is 0 Å². The minimum Gasteiger partial charge on any atom is -0.329 e. The summed E-state index contributed by atoms with van der Waals surface area (Å²) in [5.41, 5.74) is 6.89. The Labute approximate surface area is 140 Å². The Balaban J connectivity index is 1.68. The lowest BCUT2D eigenvalue weighted by Gasteiger charge is -2.16. The molecule has 2 aromatic rings. The average Bonchev–Trinajstić information content (AvgIpc) is 3.11. The molecule has 0 saturated heterocycles.